The molecule has 0 aliphatic rings. The predicted molar refractivity (Wildman–Crippen MR) is 110 cm³/mol. The maximum absolute atomic E-state index is 5.33. The summed E-state index contributed by atoms with van der Waals surface area (Å²) >= 11 is 5.33. The molecule has 0 saturated carbocycles. The molecule has 0 saturated heterocycles. The maximum atomic E-state index is 5.33. The van der Waals surface area contributed by atoms with Crippen LogP contribution in [0.2, 0.25) is 0 Å². The van der Waals surface area contributed by atoms with Gasteiger partial charge in [-0.25, -0.2) is 9.67 Å². The molecule has 0 fully saturated rings. The summed E-state index contributed by atoms with van der Waals surface area (Å²) in [5, 5.41) is 10.8. The van der Waals surface area contributed by atoms with Gasteiger partial charge in [0.05, 0.1) is 20.8 Å². The Hall–Kier alpha value is -3.13. The largest absolute Gasteiger partial charge is 0.493 e. The van der Waals surface area contributed by atoms with Crippen LogP contribution in [0.25, 0.3) is 0 Å². The van der Waals surface area contributed by atoms with E-state index in [0.717, 1.165) is 11.3 Å². The van der Waals surface area contributed by atoms with E-state index in [1.807, 2.05) is 6.07 Å². The van der Waals surface area contributed by atoms with Gasteiger partial charge < -0.3 is 14.8 Å². The zero-order valence-electron chi connectivity index (χ0n) is 15.4. The fourth-order valence-electron chi connectivity index (χ4n) is 2.49. The highest BCUT2D eigenvalue weighted by molar-refractivity contribution is 7.80. The zero-order chi connectivity index (χ0) is 19.2. The van der Waals surface area contributed by atoms with Gasteiger partial charge in [0.1, 0.15) is 6.33 Å². The van der Waals surface area contributed by atoms with E-state index in [1.54, 1.807) is 37.4 Å². The molecule has 3 aromatic rings. The fourth-order valence-corrected chi connectivity index (χ4v) is 2.70. The molecule has 3 rings (SSSR count). The number of hydrogen-bond acceptors (Lipinski definition) is 5. The van der Waals surface area contributed by atoms with Crippen LogP contribution in [-0.4, -0.2) is 34.1 Å². The second kappa shape index (κ2) is 8.50. The normalized spacial score (nSPS) is 10.3. The number of ether oxygens (including phenoxy) is 2. The molecule has 140 valence electrons. The van der Waals surface area contributed by atoms with Crippen molar-refractivity contribution in [2.24, 2.45) is 0 Å². The molecule has 0 unspecified atom stereocenters. The van der Waals surface area contributed by atoms with Gasteiger partial charge in [0.2, 0.25) is 5.95 Å². The SMILES string of the molecule is COc1ccc(NC(=S)Nc2ncn(Cc3ccc(C)cc3)n2)cc1OC. The molecule has 0 aliphatic carbocycles. The van der Waals surface area contributed by atoms with Crippen molar-refractivity contribution < 1.29 is 9.47 Å². The number of aryl methyl sites for hydroxylation is 1. The van der Waals surface area contributed by atoms with Crippen LogP contribution in [0.5, 0.6) is 11.5 Å². The van der Waals surface area contributed by atoms with Crippen molar-refractivity contribution in [3.63, 3.8) is 0 Å². The Morgan fingerprint density at radius 3 is 2.48 bits per heavy atom. The fraction of sp³-hybridized carbons (Fsp3) is 0.211. The maximum Gasteiger partial charge on any atom is 0.248 e. The second-order valence-corrected chi connectivity index (χ2v) is 6.31. The average Bonchev–Trinajstić information content (AvgIpc) is 3.10. The van der Waals surface area contributed by atoms with Crippen molar-refractivity contribution >= 4 is 29.0 Å². The Labute approximate surface area is 163 Å². The van der Waals surface area contributed by atoms with Gasteiger partial charge in [0, 0.05) is 11.8 Å². The van der Waals surface area contributed by atoms with Crippen molar-refractivity contribution in [3.05, 3.63) is 59.9 Å². The van der Waals surface area contributed by atoms with Crippen LogP contribution < -0.4 is 20.1 Å². The van der Waals surface area contributed by atoms with E-state index in [-0.39, 0.29) is 0 Å². The summed E-state index contributed by atoms with van der Waals surface area (Å²) in [6.07, 6.45) is 1.67. The van der Waals surface area contributed by atoms with Crippen LogP contribution in [-0.2, 0) is 6.54 Å². The van der Waals surface area contributed by atoms with Crippen molar-refractivity contribution in [2.75, 3.05) is 24.9 Å². The molecule has 0 aliphatic heterocycles. The van der Waals surface area contributed by atoms with Crippen molar-refractivity contribution in [3.8, 4) is 11.5 Å². The van der Waals surface area contributed by atoms with E-state index < -0.39 is 0 Å². The van der Waals surface area contributed by atoms with Crippen molar-refractivity contribution in [2.45, 2.75) is 13.5 Å². The molecule has 0 amide bonds. The molecule has 7 nitrogen and oxygen atoms in total. The first-order chi connectivity index (χ1) is 13.1. The van der Waals surface area contributed by atoms with E-state index in [1.165, 1.54) is 5.56 Å². The van der Waals surface area contributed by atoms with Crippen LogP contribution in [0.3, 0.4) is 0 Å². The van der Waals surface area contributed by atoms with Crippen molar-refractivity contribution in [1.29, 1.82) is 0 Å². The quantitative estimate of drug-likeness (QED) is 0.632. The van der Waals surface area contributed by atoms with E-state index in [0.29, 0.717) is 29.1 Å². The minimum absolute atomic E-state index is 0.385. The van der Waals surface area contributed by atoms with Crippen LogP contribution in [0.15, 0.2) is 48.8 Å². The molecule has 1 aromatic heterocycles. The molecule has 0 atom stereocenters. The molecular formula is C19H21N5O2S. The summed E-state index contributed by atoms with van der Waals surface area (Å²) in [6.45, 7) is 2.71. The topological polar surface area (TPSA) is 73.2 Å². The molecule has 0 radical (unpaired) electrons. The lowest BCUT2D eigenvalue weighted by Crippen LogP contribution is -2.20. The third-order valence-electron chi connectivity index (χ3n) is 3.87. The summed E-state index contributed by atoms with van der Waals surface area (Å²) in [7, 11) is 3.18. The van der Waals surface area contributed by atoms with Crippen LogP contribution >= 0.6 is 12.2 Å². The van der Waals surface area contributed by atoms with E-state index >= 15 is 0 Å². The van der Waals surface area contributed by atoms with Crippen LogP contribution in [0.4, 0.5) is 11.6 Å². The molecule has 0 spiro atoms. The Balaban J connectivity index is 1.60. The molecule has 2 N–H and O–H groups in total. The number of nitrogens with one attached hydrogen (secondary N) is 2. The van der Waals surface area contributed by atoms with Crippen LogP contribution in [0, 0.1) is 6.92 Å². The third-order valence-corrected chi connectivity index (χ3v) is 4.07. The van der Waals surface area contributed by atoms with Gasteiger partial charge in [-0.2, -0.15) is 0 Å². The Kier molecular flexibility index (Phi) is 5.87. The third kappa shape index (κ3) is 4.95. The minimum atomic E-state index is 0.385. The van der Waals surface area contributed by atoms with E-state index in [4.69, 9.17) is 21.7 Å². The van der Waals surface area contributed by atoms with Gasteiger partial charge in [-0.05, 0) is 36.8 Å². The number of benzene rings is 2. The molecule has 2 aromatic carbocycles. The lowest BCUT2D eigenvalue weighted by molar-refractivity contribution is 0.355. The predicted octanol–water partition coefficient (Wildman–Crippen LogP) is 3.46. The number of anilines is 2. The molecule has 1 heterocycles. The van der Waals surface area contributed by atoms with Crippen molar-refractivity contribution in [1.82, 2.24) is 14.8 Å². The number of thiocarbonyl (C=S) groups is 1. The Bertz CT molecular complexity index is 924. The Morgan fingerprint density at radius 1 is 1.04 bits per heavy atom. The van der Waals surface area contributed by atoms with Crippen LogP contribution in [0.1, 0.15) is 11.1 Å². The van der Waals surface area contributed by atoms with Gasteiger partial charge in [-0.1, -0.05) is 29.8 Å². The number of methoxy groups -OCH3 is 2. The number of rotatable bonds is 6. The van der Waals surface area contributed by atoms with E-state index in [2.05, 4.69) is 51.9 Å². The van der Waals surface area contributed by atoms with E-state index in [9.17, 15) is 0 Å². The average molecular weight is 383 g/mol. The zero-order valence-corrected chi connectivity index (χ0v) is 16.2. The molecule has 8 heteroatoms. The number of hydrogen-bond donors (Lipinski definition) is 2. The number of aromatic nitrogens is 3. The second-order valence-electron chi connectivity index (χ2n) is 5.90. The standard InChI is InChI=1S/C19H21N5O2S/c1-13-4-6-14(7-5-13)11-24-12-20-18(23-24)22-19(27)21-15-8-9-16(25-2)17(10-15)26-3/h4-10,12H,11H2,1-3H3,(H2,21,22,23,27). The summed E-state index contributed by atoms with van der Waals surface area (Å²) in [5.74, 6) is 1.70. The summed E-state index contributed by atoms with van der Waals surface area (Å²) in [5.41, 5.74) is 3.15. The number of nitrogens with zero attached hydrogens (tertiary/aromatic N) is 3. The summed E-state index contributed by atoms with van der Waals surface area (Å²) < 4.78 is 12.3. The lowest BCUT2D eigenvalue weighted by Gasteiger charge is -2.11. The first-order valence-electron chi connectivity index (χ1n) is 8.32. The van der Waals surface area contributed by atoms with Gasteiger partial charge in [-0.3, -0.25) is 5.32 Å². The monoisotopic (exact) mass is 383 g/mol. The first-order valence-corrected chi connectivity index (χ1v) is 8.73. The smallest absolute Gasteiger partial charge is 0.248 e. The summed E-state index contributed by atoms with van der Waals surface area (Å²) in [6, 6.07) is 13.8. The molecule has 0 bridgehead atoms. The highest BCUT2D eigenvalue weighted by Gasteiger charge is 2.08. The summed E-state index contributed by atoms with van der Waals surface area (Å²) in [4.78, 5) is 4.24. The molecule has 27 heavy (non-hydrogen) atoms. The van der Waals surface area contributed by atoms with Gasteiger partial charge in [0.15, 0.2) is 16.6 Å². The highest BCUT2D eigenvalue weighted by Crippen LogP contribution is 2.29. The van der Waals surface area contributed by atoms with Gasteiger partial charge >= 0.3 is 0 Å². The minimum Gasteiger partial charge on any atom is -0.493 e. The first kappa shape index (κ1) is 18.7. The van der Waals surface area contributed by atoms with Gasteiger partial charge in [0.25, 0.3) is 0 Å². The van der Waals surface area contributed by atoms with Gasteiger partial charge in [-0.15, -0.1) is 5.10 Å². The Morgan fingerprint density at radius 2 is 1.78 bits per heavy atom. The highest BCUT2D eigenvalue weighted by atomic mass is 32.1. The lowest BCUT2D eigenvalue weighted by atomic mass is 10.1. The molecular weight excluding hydrogens is 362 g/mol.